The first-order valence-corrected chi connectivity index (χ1v) is 6.04. The van der Waals surface area contributed by atoms with E-state index in [-0.39, 0.29) is 11.8 Å². The molecule has 0 aliphatic carbocycles. The predicted octanol–water partition coefficient (Wildman–Crippen LogP) is 1.96. The van der Waals surface area contributed by atoms with Gasteiger partial charge in [-0.25, -0.2) is 0 Å². The van der Waals surface area contributed by atoms with Crippen LogP contribution in [0.1, 0.15) is 23.5 Å². The van der Waals surface area contributed by atoms with Crippen LogP contribution in [0.3, 0.4) is 0 Å². The van der Waals surface area contributed by atoms with Crippen molar-refractivity contribution >= 4 is 23.1 Å². The van der Waals surface area contributed by atoms with E-state index in [4.69, 9.17) is 0 Å². The molecule has 1 aliphatic rings. The zero-order valence-corrected chi connectivity index (χ0v) is 9.62. The van der Waals surface area contributed by atoms with Crippen molar-refractivity contribution in [3.05, 3.63) is 34.2 Å². The normalized spacial score (nSPS) is 19.3. The number of fused-ring (bicyclic) bond motifs is 1. The molecule has 2 aromatic rings. The van der Waals surface area contributed by atoms with Crippen LogP contribution in [0.25, 0.3) is 0 Å². The molecule has 0 unspecified atom stereocenters. The van der Waals surface area contributed by atoms with Gasteiger partial charge in [0.25, 0.3) is 0 Å². The lowest BCUT2D eigenvalue weighted by Gasteiger charge is -2.22. The lowest BCUT2D eigenvalue weighted by molar-refractivity contribution is -0.116. The summed E-state index contributed by atoms with van der Waals surface area (Å²) in [5.74, 6) is 1.04. The van der Waals surface area contributed by atoms with E-state index in [1.807, 2.05) is 18.6 Å². The molecule has 0 aromatic carbocycles. The van der Waals surface area contributed by atoms with Crippen LogP contribution in [0, 0.1) is 0 Å². The molecule has 1 atom stereocenters. The highest BCUT2D eigenvalue weighted by Crippen LogP contribution is 2.37. The number of hydrogen-bond acceptors (Lipinski definition) is 3. The number of aryl methyl sites for hydroxylation is 1. The standard InChI is InChI=1S/C11H11N3OS/c1-14-11-9(5-12-14)8(4-10(15)13-11)7-2-3-16-6-7/h2-3,5-6,8H,4H2,1H3,(H,13,15)/t8-/m0/s1. The lowest BCUT2D eigenvalue weighted by Crippen LogP contribution is -2.24. The molecule has 0 spiro atoms. The summed E-state index contributed by atoms with van der Waals surface area (Å²) < 4.78 is 1.71. The van der Waals surface area contributed by atoms with E-state index in [2.05, 4.69) is 21.9 Å². The van der Waals surface area contributed by atoms with Gasteiger partial charge in [0.05, 0.1) is 6.20 Å². The Bertz CT molecular complexity index is 529. The van der Waals surface area contributed by atoms with Gasteiger partial charge < -0.3 is 5.32 Å². The quantitative estimate of drug-likeness (QED) is 0.818. The summed E-state index contributed by atoms with van der Waals surface area (Å²) in [6, 6.07) is 2.07. The van der Waals surface area contributed by atoms with Gasteiger partial charge in [-0.15, -0.1) is 0 Å². The van der Waals surface area contributed by atoms with E-state index in [9.17, 15) is 4.79 Å². The van der Waals surface area contributed by atoms with Gasteiger partial charge >= 0.3 is 0 Å². The molecule has 0 fully saturated rings. The van der Waals surface area contributed by atoms with Crippen LogP contribution in [-0.4, -0.2) is 15.7 Å². The average Bonchev–Trinajstić information content (AvgIpc) is 2.88. The number of nitrogens with one attached hydrogen (secondary N) is 1. The van der Waals surface area contributed by atoms with Gasteiger partial charge in [0, 0.05) is 24.9 Å². The molecule has 0 saturated heterocycles. The fourth-order valence-corrected chi connectivity index (χ4v) is 2.83. The molecule has 0 saturated carbocycles. The van der Waals surface area contributed by atoms with Crippen molar-refractivity contribution in [2.45, 2.75) is 12.3 Å². The van der Waals surface area contributed by atoms with Crippen LogP contribution in [0.4, 0.5) is 5.82 Å². The number of thiophene rings is 1. The molecule has 1 amide bonds. The minimum atomic E-state index is 0.0623. The number of anilines is 1. The van der Waals surface area contributed by atoms with Crippen LogP contribution in [0.5, 0.6) is 0 Å². The summed E-state index contributed by atoms with van der Waals surface area (Å²) in [5.41, 5.74) is 2.31. The summed E-state index contributed by atoms with van der Waals surface area (Å²) in [6.07, 6.45) is 2.35. The first-order valence-electron chi connectivity index (χ1n) is 5.09. The van der Waals surface area contributed by atoms with Gasteiger partial charge in [-0.3, -0.25) is 9.48 Å². The van der Waals surface area contributed by atoms with Crippen molar-refractivity contribution in [3.8, 4) is 0 Å². The Labute approximate surface area is 96.9 Å². The zero-order valence-electron chi connectivity index (χ0n) is 8.80. The maximum Gasteiger partial charge on any atom is 0.226 e. The predicted molar refractivity (Wildman–Crippen MR) is 62.6 cm³/mol. The molecule has 1 N–H and O–H groups in total. The summed E-state index contributed by atoms with van der Waals surface area (Å²) in [6.45, 7) is 0. The number of carbonyl (C=O) groups is 1. The molecule has 0 radical (unpaired) electrons. The van der Waals surface area contributed by atoms with E-state index in [1.165, 1.54) is 5.56 Å². The largest absolute Gasteiger partial charge is 0.311 e. The van der Waals surface area contributed by atoms with E-state index < -0.39 is 0 Å². The number of nitrogens with zero attached hydrogens (tertiary/aromatic N) is 2. The fraction of sp³-hybridized carbons (Fsp3) is 0.273. The SMILES string of the molecule is Cn1ncc2c1NC(=O)C[C@H]2c1ccsc1. The van der Waals surface area contributed by atoms with Gasteiger partial charge in [0.2, 0.25) is 5.91 Å². The number of aromatic nitrogens is 2. The second kappa shape index (κ2) is 3.45. The second-order valence-electron chi connectivity index (χ2n) is 3.93. The zero-order chi connectivity index (χ0) is 11.1. The highest BCUT2D eigenvalue weighted by Gasteiger charge is 2.29. The number of rotatable bonds is 1. The van der Waals surface area contributed by atoms with Crippen molar-refractivity contribution in [2.75, 3.05) is 5.32 Å². The Kier molecular flexibility index (Phi) is 2.07. The van der Waals surface area contributed by atoms with Gasteiger partial charge in [-0.1, -0.05) is 0 Å². The Morgan fingerprint density at radius 1 is 1.62 bits per heavy atom. The van der Waals surface area contributed by atoms with Crippen molar-refractivity contribution < 1.29 is 4.79 Å². The Morgan fingerprint density at radius 2 is 2.50 bits per heavy atom. The van der Waals surface area contributed by atoms with E-state index >= 15 is 0 Å². The van der Waals surface area contributed by atoms with Gasteiger partial charge in [-0.2, -0.15) is 16.4 Å². The minimum absolute atomic E-state index is 0.0623. The molecule has 2 aromatic heterocycles. The van der Waals surface area contributed by atoms with Gasteiger partial charge in [-0.05, 0) is 22.4 Å². The summed E-state index contributed by atoms with van der Waals surface area (Å²) in [7, 11) is 1.84. The van der Waals surface area contributed by atoms with Crippen molar-refractivity contribution in [1.29, 1.82) is 0 Å². The molecule has 0 bridgehead atoms. The smallest absolute Gasteiger partial charge is 0.226 e. The Morgan fingerprint density at radius 3 is 3.25 bits per heavy atom. The van der Waals surface area contributed by atoms with Crippen molar-refractivity contribution in [3.63, 3.8) is 0 Å². The molecule has 16 heavy (non-hydrogen) atoms. The number of carbonyl (C=O) groups excluding carboxylic acids is 1. The molecule has 3 heterocycles. The first kappa shape index (κ1) is 9.59. The van der Waals surface area contributed by atoms with E-state index in [0.29, 0.717) is 6.42 Å². The number of amides is 1. The topological polar surface area (TPSA) is 46.9 Å². The minimum Gasteiger partial charge on any atom is -0.311 e. The van der Waals surface area contributed by atoms with Gasteiger partial charge in [0.15, 0.2) is 0 Å². The lowest BCUT2D eigenvalue weighted by atomic mass is 9.89. The van der Waals surface area contributed by atoms with Crippen LogP contribution in [-0.2, 0) is 11.8 Å². The summed E-state index contributed by atoms with van der Waals surface area (Å²) in [5, 5.41) is 11.2. The molecular weight excluding hydrogens is 222 g/mol. The first-order chi connectivity index (χ1) is 7.75. The molecule has 82 valence electrons. The molecule has 4 nitrogen and oxygen atoms in total. The highest BCUT2D eigenvalue weighted by molar-refractivity contribution is 7.08. The van der Waals surface area contributed by atoms with Crippen molar-refractivity contribution in [2.24, 2.45) is 7.05 Å². The molecule has 5 heteroatoms. The monoisotopic (exact) mass is 233 g/mol. The van der Waals surface area contributed by atoms with Crippen LogP contribution in [0.2, 0.25) is 0 Å². The van der Waals surface area contributed by atoms with Crippen LogP contribution < -0.4 is 5.32 Å². The van der Waals surface area contributed by atoms with Crippen molar-refractivity contribution in [1.82, 2.24) is 9.78 Å². The van der Waals surface area contributed by atoms with Crippen LogP contribution in [0.15, 0.2) is 23.0 Å². The maximum absolute atomic E-state index is 11.6. The maximum atomic E-state index is 11.6. The third-order valence-electron chi connectivity index (χ3n) is 2.94. The molecule has 1 aliphatic heterocycles. The Balaban J connectivity index is 2.11. The average molecular weight is 233 g/mol. The van der Waals surface area contributed by atoms with Crippen LogP contribution >= 0.6 is 11.3 Å². The third kappa shape index (κ3) is 1.36. The molecular formula is C11H11N3OS. The highest BCUT2D eigenvalue weighted by atomic mass is 32.1. The molecule has 3 rings (SSSR count). The second-order valence-corrected chi connectivity index (χ2v) is 4.71. The van der Waals surface area contributed by atoms with E-state index in [0.717, 1.165) is 11.4 Å². The van der Waals surface area contributed by atoms with Gasteiger partial charge in [0.1, 0.15) is 5.82 Å². The Hall–Kier alpha value is -1.62. The summed E-state index contributed by atoms with van der Waals surface area (Å²) >= 11 is 1.66. The summed E-state index contributed by atoms with van der Waals surface area (Å²) in [4.78, 5) is 11.6. The third-order valence-corrected chi connectivity index (χ3v) is 3.64. The fourth-order valence-electron chi connectivity index (χ4n) is 2.11. The van der Waals surface area contributed by atoms with E-state index in [1.54, 1.807) is 16.0 Å². The number of hydrogen-bond donors (Lipinski definition) is 1.